The number of rotatable bonds is 2. The summed E-state index contributed by atoms with van der Waals surface area (Å²) in [6, 6.07) is 3.84. The molecule has 0 radical (unpaired) electrons. The van der Waals surface area contributed by atoms with Crippen LogP contribution in [0.4, 0.5) is 18.9 Å². The minimum absolute atomic E-state index is 0.102. The fraction of sp³-hybridized carbons (Fsp3) is 0.438. The van der Waals surface area contributed by atoms with Crippen LogP contribution in [0.15, 0.2) is 29.4 Å². The molecule has 130 valence electrons. The predicted molar refractivity (Wildman–Crippen MR) is 83.4 cm³/mol. The molecular formula is C16H18F3N3O2. The lowest BCUT2D eigenvalue weighted by atomic mass is 10.2. The van der Waals surface area contributed by atoms with Crippen LogP contribution in [0.25, 0.3) is 0 Å². The van der Waals surface area contributed by atoms with Crippen molar-refractivity contribution < 1.29 is 22.8 Å². The maximum atomic E-state index is 12.5. The molecule has 0 aromatic heterocycles. The number of halogens is 3. The van der Waals surface area contributed by atoms with Crippen molar-refractivity contribution in [1.82, 2.24) is 5.43 Å². The van der Waals surface area contributed by atoms with Crippen LogP contribution in [0.1, 0.15) is 44.1 Å². The number of amides is 2. The van der Waals surface area contributed by atoms with E-state index in [1.165, 1.54) is 0 Å². The number of nitrogens with zero attached hydrogens (tertiary/aromatic N) is 1. The van der Waals surface area contributed by atoms with Gasteiger partial charge in [-0.25, -0.2) is 5.43 Å². The molecule has 0 spiro atoms. The molecule has 0 atom stereocenters. The monoisotopic (exact) mass is 341 g/mol. The van der Waals surface area contributed by atoms with Crippen LogP contribution in [0, 0.1) is 0 Å². The van der Waals surface area contributed by atoms with Gasteiger partial charge in [-0.05, 0) is 49.9 Å². The second-order valence-electron chi connectivity index (χ2n) is 5.56. The van der Waals surface area contributed by atoms with Gasteiger partial charge in [0, 0.05) is 11.4 Å². The Bertz CT molecular complexity index is 614. The highest BCUT2D eigenvalue weighted by atomic mass is 19.4. The minimum atomic E-state index is -4.45. The van der Waals surface area contributed by atoms with Gasteiger partial charge in [0.25, 0.3) is 0 Å². The van der Waals surface area contributed by atoms with Gasteiger partial charge >= 0.3 is 18.0 Å². The Morgan fingerprint density at radius 2 is 1.50 bits per heavy atom. The van der Waals surface area contributed by atoms with Crippen LogP contribution < -0.4 is 10.7 Å². The Balaban J connectivity index is 1.89. The molecule has 1 aliphatic rings. The highest BCUT2D eigenvalue weighted by Gasteiger charge is 2.30. The lowest BCUT2D eigenvalue weighted by Gasteiger charge is -2.08. The molecule has 0 unspecified atom stereocenters. The summed E-state index contributed by atoms with van der Waals surface area (Å²) >= 11 is 0. The number of anilines is 1. The molecule has 0 aliphatic heterocycles. The number of carbonyl (C=O) groups excluding carboxylic acids is 2. The highest BCUT2D eigenvalue weighted by molar-refractivity contribution is 6.39. The van der Waals surface area contributed by atoms with Crippen molar-refractivity contribution in [3.05, 3.63) is 29.8 Å². The largest absolute Gasteiger partial charge is 0.416 e. The fourth-order valence-corrected chi connectivity index (χ4v) is 2.36. The van der Waals surface area contributed by atoms with Gasteiger partial charge in [-0.2, -0.15) is 18.3 Å². The van der Waals surface area contributed by atoms with E-state index in [0.717, 1.165) is 68.5 Å². The summed E-state index contributed by atoms with van der Waals surface area (Å²) in [6.45, 7) is 0. The summed E-state index contributed by atoms with van der Waals surface area (Å²) in [5, 5.41) is 6.19. The third kappa shape index (κ3) is 5.36. The first-order chi connectivity index (χ1) is 11.4. The molecule has 8 heteroatoms. The van der Waals surface area contributed by atoms with E-state index in [9.17, 15) is 22.8 Å². The molecule has 0 bridgehead atoms. The molecular weight excluding hydrogens is 323 g/mol. The van der Waals surface area contributed by atoms with Crippen LogP contribution in [-0.4, -0.2) is 17.5 Å². The maximum Gasteiger partial charge on any atom is 0.416 e. The molecule has 0 saturated heterocycles. The van der Waals surface area contributed by atoms with Crippen molar-refractivity contribution in [1.29, 1.82) is 0 Å². The van der Waals surface area contributed by atoms with Crippen LogP contribution in [0.3, 0.4) is 0 Å². The summed E-state index contributed by atoms with van der Waals surface area (Å²) in [5.41, 5.74) is 2.32. The Hall–Kier alpha value is -2.38. The Kier molecular flexibility index (Phi) is 5.94. The number of nitrogens with one attached hydrogen (secondary N) is 2. The molecule has 1 saturated carbocycles. The number of benzene rings is 1. The number of hydrogen-bond acceptors (Lipinski definition) is 3. The van der Waals surface area contributed by atoms with Crippen molar-refractivity contribution in [2.75, 3.05) is 5.32 Å². The normalized spacial score (nSPS) is 15.4. The van der Waals surface area contributed by atoms with Gasteiger partial charge in [-0.15, -0.1) is 0 Å². The summed E-state index contributed by atoms with van der Waals surface area (Å²) in [5.74, 6) is -1.93. The zero-order valence-corrected chi connectivity index (χ0v) is 12.9. The van der Waals surface area contributed by atoms with Gasteiger partial charge < -0.3 is 5.32 Å². The van der Waals surface area contributed by atoms with E-state index in [-0.39, 0.29) is 5.69 Å². The third-order valence-corrected chi connectivity index (χ3v) is 3.67. The molecule has 2 N–H and O–H groups in total. The second kappa shape index (κ2) is 7.94. The molecule has 2 rings (SSSR count). The molecule has 2 amide bonds. The third-order valence-electron chi connectivity index (χ3n) is 3.67. The van der Waals surface area contributed by atoms with Crippen LogP contribution in [0.2, 0.25) is 0 Å². The molecule has 1 aromatic rings. The SMILES string of the molecule is O=C(NN=C1CCCCCC1)C(=O)Nc1ccc(C(F)(F)F)cc1. The highest BCUT2D eigenvalue weighted by Crippen LogP contribution is 2.29. The summed E-state index contributed by atoms with van der Waals surface area (Å²) < 4.78 is 37.4. The lowest BCUT2D eigenvalue weighted by molar-refractivity contribution is -0.137. The molecule has 5 nitrogen and oxygen atoms in total. The Morgan fingerprint density at radius 1 is 0.917 bits per heavy atom. The fourth-order valence-electron chi connectivity index (χ4n) is 2.36. The van der Waals surface area contributed by atoms with E-state index in [2.05, 4.69) is 15.8 Å². The minimum Gasteiger partial charge on any atom is -0.318 e. The first kappa shape index (κ1) is 18.0. The first-order valence-electron chi connectivity index (χ1n) is 7.70. The van der Waals surface area contributed by atoms with Crippen LogP contribution >= 0.6 is 0 Å². The van der Waals surface area contributed by atoms with E-state index in [1.807, 2.05) is 0 Å². The van der Waals surface area contributed by atoms with Gasteiger partial charge in [-0.3, -0.25) is 9.59 Å². The first-order valence-corrected chi connectivity index (χ1v) is 7.70. The van der Waals surface area contributed by atoms with Gasteiger partial charge in [0.2, 0.25) is 0 Å². The van der Waals surface area contributed by atoms with E-state index < -0.39 is 23.6 Å². The van der Waals surface area contributed by atoms with E-state index in [4.69, 9.17) is 0 Å². The van der Waals surface area contributed by atoms with E-state index >= 15 is 0 Å². The van der Waals surface area contributed by atoms with Crippen molar-refractivity contribution in [3.63, 3.8) is 0 Å². The number of carbonyl (C=O) groups is 2. The maximum absolute atomic E-state index is 12.5. The van der Waals surface area contributed by atoms with Gasteiger partial charge in [0.1, 0.15) is 0 Å². The van der Waals surface area contributed by atoms with Crippen molar-refractivity contribution in [3.8, 4) is 0 Å². The number of hydrogen-bond donors (Lipinski definition) is 2. The van der Waals surface area contributed by atoms with E-state index in [0.29, 0.717) is 0 Å². The zero-order valence-electron chi connectivity index (χ0n) is 12.9. The molecule has 1 aliphatic carbocycles. The molecule has 1 aromatic carbocycles. The quantitative estimate of drug-likeness (QED) is 0.491. The van der Waals surface area contributed by atoms with Gasteiger partial charge in [0.05, 0.1) is 5.56 Å². The number of alkyl halides is 3. The summed E-state index contributed by atoms with van der Waals surface area (Å²) in [7, 11) is 0. The average molecular weight is 341 g/mol. The summed E-state index contributed by atoms with van der Waals surface area (Å²) in [6.07, 6.45) is 1.40. The Morgan fingerprint density at radius 3 is 2.04 bits per heavy atom. The topological polar surface area (TPSA) is 70.6 Å². The lowest BCUT2D eigenvalue weighted by Crippen LogP contribution is -2.33. The Labute approximate surface area is 137 Å². The second-order valence-corrected chi connectivity index (χ2v) is 5.56. The molecule has 0 heterocycles. The molecule has 24 heavy (non-hydrogen) atoms. The van der Waals surface area contributed by atoms with Crippen molar-refractivity contribution in [2.45, 2.75) is 44.7 Å². The predicted octanol–water partition coefficient (Wildman–Crippen LogP) is 3.47. The zero-order chi connectivity index (χ0) is 17.6. The number of hydrazone groups is 1. The van der Waals surface area contributed by atoms with Crippen LogP contribution in [-0.2, 0) is 15.8 Å². The van der Waals surface area contributed by atoms with Crippen LogP contribution in [0.5, 0.6) is 0 Å². The standard InChI is InChI=1S/C16H18F3N3O2/c17-16(18,19)11-7-9-12(10-8-11)20-14(23)15(24)22-21-13-5-3-1-2-4-6-13/h7-10H,1-6H2,(H,20,23)(H,22,24). The van der Waals surface area contributed by atoms with Crippen molar-refractivity contribution >= 4 is 23.2 Å². The average Bonchev–Trinajstić information content (AvgIpc) is 2.81. The van der Waals surface area contributed by atoms with Gasteiger partial charge in [0.15, 0.2) is 0 Å². The summed E-state index contributed by atoms with van der Waals surface area (Å²) in [4.78, 5) is 23.4. The van der Waals surface area contributed by atoms with Gasteiger partial charge in [-0.1, -0.05) is 12.8 Å². The molecule has 1 fully saturated rings. The van der Waals surface area contributed by atoms with Crippen molar-refractivity contribution in [2.24, 2.45) is 5.10 Å². The van der Waals surface area contributed by atoms with E-state index in [1.54, 1.807) is 0 Å². The smallest absolute Gasteiger partial charge is 0.318 e.